The van der Waals surface area contributed by atoms with E-state index in [0.717, 1.165) is 12.8 Å². The fourth-order valence-electron chi connectivity index (χ4n) is 10.5. The van der Waals surface area contributed by atoms with Crippen LogP contribution in [0.15, 0.2) is 0 Å². The number of carbonyl (C=O) groups is 6. The van der Waals surface area contributed by atoms with Crippen molar-refractivity contribution in [2.75, 3.05) is 0 Å². The van der Waals surface area contributed by atoms with E-state index >= 15 is 0 Å². The predicted molar refractivity (Wildman–Crippen MR) is 160 cm³/mol. The van der Waals surface area contributed by atoms with E-state index in [1.807, 2.05) is 62.3 Å². The normalized spacial score (nSPS) is 42.9. The van der Waals surface area contributed by atoms with Crippen molar-refractivity contribution in [2.45, 2.75) is 101 Å². The van der Waals surface area contributed by atoms with Gasteiger partial charge in [0, 0.05) is 0 Å². The van der Waals surface area contributed by atoms with Crippen LogP contribution in [0.5, 0.6) is 0 Å². The molecular formula is C33H45Bi2O10. The molecule has 6 aliphatic carbocycles. The minimum absolute atomic E-state index is 0.107. The molecule has 0 saturated heterocycles. The van der Waals surface area contributed by atoms with E-state index in [1.54, 1.807) is 0 Å². The Morgan fingerprint density at radius 3 is 1.18 bits per heavy atom. The summed E-state index contributed by atoms with van der Waals surface area (Å²) in [4.78, 5) is 80.6. The van der Waals surface area contributed by atoms with E-state index in [9.17, 15) is 28.8 Å². The molecule has 0 aromatic carbocycles. The number of hydrogen-bond acceptors (Lipinski definition) is 10. The van der Waals surface area contributed by atoms with Crippen LogP contribution in [0.4, 0.5) is 0 Å². The molecular weight excluding hydrogens is 974 g/mol. The molecule has 0 aromatic rings. The predicted octanol–water partition coefficient (Wildman–Crippen LogP) is 4.08. The van der Waals surface area contributed by atoms with Crippen molar-refractivity contribution in [2.24, 2.45) is 68.0 Å². The minimum atomic E-state index is -4.47. The van der Waals surface area contributed by atoms with Crippen LogP contribution < -0.4 is 0 Å². The maximum absolute atomic E-state index is 13.6. The molecule has 6 saturated carbocycles. The standard InChI is InChI=1S/3C11H16O3.2Bi.O/c3*1-10(2)6-4-5-11(10,3)8(12)7(6)9(13)14;;;/h3*6-7H,4-5H2,1-3H3,(H,13,14);;;/q;;;+1;+2;/p-3. The molecule has 9 atom stereocenters. The molecule has 6 aliphatic rings. The summed E-state index contributed by atoms with van der Waals surface area (Å²) in [6.07, 6.45) is 4.32. The van der Waals surface area contributed by atoms with Gasteiger partial charge in [0.25, 0.3) is 0 Å². The van der Waals surface area contributed by atoms with Gasteiger partial charge in [-0.3, -0.25) is 0 Å². The van der Waals surface area contributed by atoms with Crippen molar-refractivity contribution in [3.05, 3.63) is 0 Å². The van der Waals surface area contributed by atoms with Crippen molar-refractivity contribution in [3.63, 3.8) is 0 Å². The van der Waals surface area contributed by atoms with Crippen LogP contribution in [0.3, 0.4) is 0 Å². The molecule has 0 heterocycles. The molecule has 0 aromatic heterocycles. The third-order valence-electron chi connectivity index (χ3n) is 14.9. The number of fused-ring (bicyclic) bond motifs is 6. The summed E-state index contributed by atoms with van der Waals surface area (Å²) in [5.41, 5.74) is -3.00. The third-order valence-corrected chi connectivity index (χ3v) is 26.1. The number of rotatable bonds is 8. The van der Waals surface area contributed by atoms with E-state index < -0.39 is 110 Å². The summed E-state index contributed by atoms with van der Waals surface area (Å²) >= 11 is -7.11. The van der Waals surface area contributed by atoms with Crippen LogP contribution >= 0.6 is 0 Å². The quantitative estimate of drug-likeness (QED) is 0.259. The molecule has 12 heteroatoms. The summed E-state index contributed by atoms with van der Waals surface area (Å²) in [5.74, 6) is -5.95. The van der Waals surface area contributed by atoms with Crippen molar-refractivity contribution >= 4 is 82.4 Å². The van der Waals surface area contributed by atoms with Crippen LogP contribution in [0.25, 0.3) is 0 Å². The van der Waals surface area contributed by atoms with E-state index in [2.05, 4.69) is 0 Å². The summed E-state index contributed by atoms with van der Waals surface area (Å²) in [6, 6.07) is 0. The second-order valence-corrected chi connectivity index (χ2v) is 27.4. The molecule has 45 heavy (non-hydrogen) atoms. The van der Waals surface area contributed by atoms with E-state index in [-0.39, 0.29) is 40.5 Å². The Morgan fingerprint density at radius 2 is 0.889 bits per heavy atom. The third kappa shape index (κ3) is 4.31. The van der Waals surface area contributed by atoms with Gasteiger partial charge >= 0.3 is 289 Å². The number of hydrogen-bond donors (Lipinski definition) is 0. The zero-order valence-electron chi connectivity index (χ0n) is 27.7. The zero-order chi connectivity index (χ0) is 33.3. The first kappa shape index (κ1) is 34.0. The van der Waals surface area contributed by atoms with Gasteiger partial charge in [0.1, 0.15) is 0 Å². The number of Topliss-reactive ketones (excluding diaryl/α,β-unsaturated/α-hetero) is 3. The van der Waals surface area contributed by atoms with Gasteiger partial charge in [-0.25, -0.2) is 0 Å². The maximum atomic E-state index is 13.6. The van der Waals surface area contributed by atoms with Gasteiger partial charge in [-0.1, -0.05) is 0 Å². The van der Waals surface area contributed by atoms with Crippen molar-refractivity contribution in [3.8, 4) is 0 Å². The zero-order valence-corrected chi connectivity index (χ0v) is 34.6. The molecule has 0 N–H and O–H groups in total. The van der Waals surface area contributed by atoms with E-state index in [4.69, 9.17) is 9.33 Å². The van der Waals surface area contributed by atoms with Crippen molar-refractivity contribution < 1.29 is 38.1 Å². The van der Waals surface area contributed by atoms with Crippen LogP contribution in [-0.4, -0.2) is 82.4 Å². The Morgan fingerprint density at radius 1 is 0.578 bits per heavy atom. The first-order valence-corrected chi connectivity index (χ1v) is 23.2. The first-order chi connectivity index (χ1) is 20.7. The fraction of sp³-hybridized carbons (Fsp3) is 0.818. The van der Waals surface area contributed by atoms with Gasteiger partial charge in [-0.05, 0) is 0 Å². The summed E-state index contributed by atoms with van der Waals surface area (Å²) in [6.45, 7) is 17.8. The molecule has 6 fully saturated rings. The van der Waals surface area contributed by atoms with Crippen LogP contribution in [-0.2, 0) is 38.1 Å². The van der Waals surface area contributed by atoms with Gasteiger partial charge in [-0.2, -0.15) is 0 Å². The van der Waals surface area contributed by atoms with E-state index in [1.165, 1.54) is 0 Å². The Kier molecular flexibility index (Phi) is 7.99. The molecule has 0 spiro atoms. The second kappa shape index (κ2) is 10.6. The van der Waals surface area contributed by atoms with Crippen molar-refractivity contribution in [1.29, 1.82) is 0 Å². The summed E-state index contributed by atoms with van der Waals surface area (Å²) in [5, 5.41) is 0. The van der Waals surface area contributed by atoms with Gasteiger partial charge in [-0.15, -0.1) is 0 Å². The Bertz CT molecular complexity index is 1340. The second-order valence-electron chi connectivity index (χ2n) is 16.7. The fourth-order valence-corrected chi connectivity index (χ4v) is 19.3. The van der Waals surface area contributed by atoms with Crippen molar-refractivity contribution in [1.82, 2.24) is 0 Å². The summed E-state index contributed by atoms with van der Waals surface area (Å²) < 4.78 is 23.1. The number of ketones is 3. The average Bonchev–Trinajstić information content (AvgIpc) is 3.56. The monoisotopic (exact) mass is 1020 g/mol. The van der Waals surface area contributed by atoms with Gasteiger partial charge in [0.05, 0.1) is 0 Å². The van der Waals surface area contributed by atoms with Gasteiger partial charge < -0.3 is 0 Å². The van der Waals surface area contributed by atoms with Crippen LogP contribution in [0.2, 0.25) is 0 Å². The molecule has 6 bridgehead atoms. The van der Waals surface area contributed by atoms with Gasteiger partial charge in [0.15, 0.2) is 0 Å². The molecule has 1 radical (unpaired) electrons. The molecule has 0 aliphatic heterocycles. The number of carbonyl (C=O) groups excluding carboxylic acids is 6. The van der Waals surface area contributed by atoms with Crippen LogP contribution in [0, 0.1) is 68.0 Å². The molecule has 247 valence electrons. The first-order valence-electron chi connectivity index (χ1n) is 16.1. The Hall–Kier alpha value is -0.854. The molecule has 9 unspecified atom stereocenters. The topological polar surface area (TPSA) is 139 Å². The summed E-state index contributed by atoms with van der Waals surface area (Å²) in [7, 11) is 0. The van der Waals surface area contributed by atoms with E-state index in [0.29, 0.717) is 25.7 Å². The molecule has 6 rings (SSSR count). The Balaban J connectivity index is 1.17. The Labute approximate surface area is 287 Å². The van der Waals surface area contributed by atoms with Gasteiger partial charge in [0.2, 0.25) is 0 Å². The average molecular weight is 1020 g/mol. The molecule has 10 nitrogen and oxygen atoms in total. The SMILES string of the molecule is CC12CCC(C(C(=O)[O][Bi][O][Bi]([O]C(=O)C3C(=O)C4(C)CCC3C4(C)C)[O]C(=O)C3C(=O)C4(C)CCC3C4(C)C)C1=O)C2(C)C. The molecule has 0 amide bonds. The van der Waals surface area contributed by atoms with Crippen LogP contribution in [0.1, 0.15) is 101 Å².